The van der Waals surface area contributed by atoms with Gasteiger partial charge in [0.05, 0.1) is 17.9 Å². The highest BCUT2D eigenvalue weighted by Crippen LogP contribution is 2.22. The fourth-order valence-corrected chi connectivity index (χ4v) is 2.56. The van der Waals surface area contributed by atoms with Gasteiger partial charge in [0.25, 0.3) is 11.8 Å². The first-order valence-electron chi connectivity index (χ1n) is 7.70. The minimum atomic E-state index is -0.681. The Morgan fingerprint density at radius 1 is 1.28 bits per heavy atom. The number of hydrogen-bond acceptors (Lipinski definition) is 4. The highest BCUT2D eigenvalue weighted by atomic mass is 16.2. The van der Waals surface area contributed by atoms with E-state index in [1.165, 1.54) is 21.8 Å². The summed E-state index contributed by atoms with van der Waals surface area (Å²) >= 11 is 0. The average Bonchev–Trinajstić information content (AvgIpc) is 3.30. The third-order valence-electron chi connectivity index (χ3n) is 4.03. The lowest BCUT2D eigenvalue weighted by molar-refractivity contribution is 0.0977. The molecule has 2 aromatic heterocycles. The Bertz CT molecular complexity index is 885. The third kappa shape index (κ3) is 3.14. The second kappa shape index (κ2) is 6.60. The smallest absolute Gasteiger partial charge is 0.276 e. The summed E-state index contributed by atoms with van der Waals surface area (Å²) in [5, 5.41) is 10.7. The van der Waals surface area contributed by atoms with Gasteiger partial charge in [-0.1, -0.05) is 30.3 Å². The van der Waals surface area contributed by atoms with E-state index in [0.717, 1.165) is 5.56 Å². The number of anilines is 1. The molecular formula is C17H18N6O2. The first-order valence-corrected chi connectivity index (χ1v) is 7.70. The number of rotatable bonds is 5. The molecule has 0 aliphatic carbocycles. The average molecular weight is 338 g/mol. The van der Waals surface area contributed by atoms with Crippen molar-refractivity contribution in [1.29, 1.82) is 0 Å². The Balaban J connectivity index is 2.03. The van der Waals surface area contributed by atoms with Crippen molar-refractivity contribution in [3.63, 3.8) is 0 Å². The van der Waals surface area contributed by atoms with E-state index in [1.807, 2.05) is 37.3 Å². The molecule has 3 aromatic rings. The van der Waals surface area contributed by atoms with Gasteiger partial charge in [-0.2, -0.15) is 10.2 Å². The van der Waals surface area contributed by atoms with Gasteiger partial charge in [-0.3, -0.25) is 19.4 Å². The zero-order chi connectivity index (χ0) is 18.0. The zero-order valence-corrected chi connectivity index (χ0v) is 13.9. The fraction of sp³-hybridized carbons (Fsp3) is 0.176. The predicted octanol–water partition coefficient (Wildman–Crippen LogP) is 1.59. The Kier molecular flexibility index (Phi) is 4.34. The van der Waals surface area contributed by atoms with Crippen molar-refractivity contribution in [3.8, 4) is 0 Å². The minimum absolute atomic E-state index is 0.0479. The van der Waals surface area contributed by atoms with E-state index in [1.54, 1.807) is 13.2 Å². The molecular weight excluding hydrogens is 320 g/mol. The summed E-state index contributed by atoms with van der Waals surface area (Å²) in [6.45, 7) is 1.90. The van der Waals surface area contributed by atoms with Crippen LogP contribution < -0.4 is 10.6 Å². The first kappa shape index (κ1) is 16.4. The lowest BCUT2D eigenvalue weighted by Crippen LogP contribution is -2.29. The van der Waals surface area contributed by atoms with Crippen LogP contribution in [0.4, 0.5) is 5.69 Å². The van der Waals surface area contributed by atoms with Crippen molar-refractivity contribution in [2.45, 2.75) is 13.0 Å². The molecule has 2 amide bonds. The molecule has 0 saturated heterocycles. The SMILES string of the molecule is CC(c1ccccc1)n1nc(C(N)=O)cc1C(=O)N(C)c1cn[nH]c1. The number of aromatic amines is 1. The number of benzene rings is 1. The lowest BCUT2D eigenvalue weighted by Gasteiger charge is -2.19. The maximum atomic E-state index is 12.9. The van der Waals surface area contributed by atoms with Crippen LogP contribution in [0.2, 0.25) is 0 Å². The van der Waals surface area contributed by atoms with Gasteiger partial charge in [0.1, 0.15) is 5.69 Å². The monoisotopic (exact) mass is 338 g/mol. The molecule has 0 saturated carbocycles. The minimum Gasteiger partial charge on any atom is -0.364 e. The Morgan fingerprint density at radius 2 is 2.00 bits per heavy atom. The van der Waals surface area contributed by atoms with E-state index < -0.39 is 5.91 Å². The van der Waals surface area contributed by atoms with E-state index in [9.17, 15) is 9.59 Å². The second-order valence-corrected chi connectivity index (χ2v) is 5.63. The van der Waals surface area contributed by atoms with E-state index in [-0.39, 0.29) is 23.3 Å². The van der Waals surface area contributed by atoms with E-state index in [4.69, 9.17) is 5.73 Å². The third-order valence-corrected chi connectivity index (χ3v) is 4.03. The number of amides is 2. The normalized spacial score (nSPS) is 11.9. The Hall–Kier alpha value is -3.42. The molecule has 1 unspecified atom stereocenters. The lowest BCUT2D eigenvalue weighted by atomic mass is 10.1. The molecule has 25 heavy (non-hydrogen) atoms. The molecule has 0 aliphatic rings. The van der Waals surface area contributed by atoms with Crippen molar-refractivity contribution >= 4 is 17.5 Å². The second-order valence-electron chi connectivity index (χ2n) is 5.63. The molecule has 8 heteroatoms. The summed E-state index contributed by atoms with van der Waals surface area (Å²) < 4.78 is 1.52. The number of H-pyrrole nitrogens is 1. The summed E-state index contributed by atoms with van der Waals surface area (Å²) in [5.41, 5.74) is 7.23. The van der Waals surface area contributed by atoms with Crippen LogP contribution in [-0.2, 0) is 0 Å². The number of nitrogens with one attached hydrogen (secondary N) is 1. The summed E-state index contributed by atoms with van der Waals surface area (Å²) in [6.07, 6.45) is 3.14. The summed E-state index contributed by atoms with van der Waals surface area (Å²) in [5.74, 6) is -0.997. The molecule has 3 rings (SSSR count). The van der Waals surface area contributed by atoms with Gasteiger partial charge < -0.3 is 10.6 Å². The Morgan fingerprint density at radius 3 is 2.60 bits per heavy atom. The molecule has 0 spiro atoms. The molecule has 8 nitrogen and oxygen atoms in total. The van der Waals surface area contributed by atoms with Crippen LogP contribution in [0, 0.1) is 0 Å². The topological polar surface area (TPSA) is 110 Å². The number of hydrogen-bond donors (Lipinski definition) is 2. The maximum Gasteiger partial charge on any atom is 0.276 e. The fourth-order valence-electron chi connectivity index (χ4n) is 2.56. The Labute approximate surface area is 144 Å². The van der Waals surface area contributed by atoms with Crippen molar-refractivity contribution < 1.29 is 9.59 Å². The van der Waals surface area contributed by atoms with Crippen LogP contribution in [0.3, 0.4) is 0 Å². The molecule has 128 valence electrons. The van der Waals surface area contributed by atoms with Crippen LogP contribution in [0.5, 0.6) is 0 Å². The van der Waals surface area contributed by atoms with Gasteiger partial charge in [-0.05, 0) is 12.5 Å². The van der Waals surface area contributed by atoms with Gasteiger partial charge in [0.15, 0.2) is 5.69 Å². The summed E-state index contributed by atoms with van der Waals surface area (Å²) in [7, 11) is 1.63. The summed E-state index contributed by atoms with van der Waals surface area (Å²) in [4.78, 5) is 25.9. The predicted molar refractivity (Wildman–Crippen MR) is 92.3 cm³/mol. The number of nitrogens with zero attached hydrogens (tertiary/aromatic N) is 4. The van der Waals surface area contributed by atoms with Crippen molar-refractivity contribution in [3.05, 3.63) is 65.7 Å². The van der Waals surface area contributed by atoms with Gasteiger partial charge in [-0.25, -0.2) is 0 Å². The molecule has 0 bridgehead atoms. The molecule has 0 radical (unpaired) electrons. The van der Waals surface area contributed by atoms with Gasteiger partial charge in [0, 0.05) is 19.3 Å². The van der Waals surface area contributed by atoms with Crippen molar-refractivity contribution in [2.24, 2.45) is 5.73 Å². The largest absolute Gasteiger partial charge is 0.364 e. The standard InChI is InChI=1S/C17H18N6O2/c1-11(12-6-4-3-5-7-12)23-15(8-14(21-23)16(18)24)17(25)22(2)13-9-19-20-10-13/h3-11H,1-2H3,(H2,18,24)(H,19,20). The number of carbonyl (C=O) groups is 2. The highest BCUT2D eigenvalue weighted by Gasteiger charge is 2.25. The quantitative estimate of drug-likeness (QED) is 0.736. The molecule has 3 N–H and O–H groups in total. The maximum absolute atomic E-state index is 12.9. The number of carbonyl (C=O) groups excluding carboxylic acids is 2. The van der Waals surface area contributed by atoms with Crippen molar-refractivity contribution in [2.75, 3.05) is 11.9 Å². The number of primary amides is 1. The number of aromatic nitrogens is 4. The molecule has 1 aromatic carbocycles. The summed E-state index contributed by atoms with van der Waals surface area (Å²) in [6, 6.07) is 10.8. The molecule has 1 atom stereocenters. The van der Waals surface area contributed by atoms with Crippen LogP contribution in [0.1, 0.15) is 39.5 Å². The van der Waals surface area contributed by atoms with Gasteiger partial charge >= 0.3 is 0 Å². The molecule has 0 aliphatic heterocycles. The molecule has 2 heterocycles. The van der Waals surface area contributed by atoms with Crippen LogP contribution in [0.15, 0.2) is 48.8 Å². The first-order chi connectivity index (χ1) is 12.0. The van der Waals surface area contributed by atoms with Gasteiger partial charge in [0.2, 0.25) is 0 Å². The molecule has 0 fully saturated rings. The van der Waals surface area contributed by atoms with Gasteiger partial charge in [-0.15, -0.1) is 0 Å². The zero-order valence-electron chi connectivity index (χ0n) is 13.9. The highest BCUT2D eigenvalue weighted by molar-refractivity contribution is 6.06. The number of nitrogens with two attached hydrogens (primary N) is 1. The van der Waals surface area contributed by atoms with E-state index in [2.05, 4.69) is 15.3 Å². The van der Waals surface area contributed by atoms with E-state index >= 15 is 0 Å². The van der Waals surface area contributed by atoms with Crippen LogP contribution in [0.25, 0.3) is 0 Å². The van der Waals surface area contributed by atoms with Crippen LogP contribution >= 0.6 is 0 Å². The van der Waals surface area contributed by atoms with Crippen molar-refractivity contribution in [1.82, 2.24) is 20.0 Å². The van der Waals surface area contributed by atoms with E-state index in [0.29, 0.717) is 5.69 Å². The van der Waals surface area contributed by atoms with Crippen LogP contribution in [-0.4, -0.2) is 38.8 Å².